The molecule has 3 rings (SSSR count). The Kier molecular flexibility index (Phi) is 2.26. The summed E-state index contributed by atoms with van der Waals surface area (Å²) in [5.41, 5.74) is 0. The van der Waals surface area contributed by atoms with E-state index in [1.165, 1.54) is 12.8 Å². The summed E-state index contributed by atoms with van der Waals surface area (Å²) in [6.07, 6.45) is 6.34. The number of halogens is 1. The summed E-state index contributed by atoms with van der Waals surface area (Å²) in [5, 5.41) is 4.44. The van der Waals surface area contributed by atoms with E-state index < -0.39 is 0 Å². The van der Waals surface area contributed by atoms with E-state index in [1.807, 2.05) is 6.20 Å². The molecule has 2 aliphatic heterocycles. The van der Waals surface area contributed by atoms with Crippen molar-refractivity contribution >= 4 is 32.4 Å². The topological polar surface area (TPSA) is 34.2 Å². The molecule has 0 saturated carbocycles. The molecule has 5 heteroatoms. The van der Waals surface area contributed by atoms with Gasteiger partial charge in [0.1, 0.15) is 0 Å². The highest BCUT2D eigenvalue weighted by molar-refractivity contribution is 9.11. The quantitative estimate of drug-likeness (QED) is 0.901. The first-order valence-electron chi connectivity index (χ1n) is 4.84. The van der Waals surface area contributed by atoms with Crippen LogP contribution in [0, 0.1) is 0 Å². The summed E-state index contributed by atoms with van der Waals surface area (Å²) in [4.78, 5) is 4.27. The van der Waals surface area contributed by atoms with Gasteiger partial charge in [-0.25, -0.2) is 4.98 Å². The molecular weight excluding hydrogens is 264 g/mol. The van der Waals surface area contributed by atoms with E-state index in [4.69, 9.17) is 4.74 Å². The van der Waals surface area contributed by atoms with Gasteiger partial charge in [-0.15, -0.1) is 0 Å². The number of rotatable bonds is 2. The number of aromatic nitrogens is 1. The summed E-state index contributed by atoms with van der Waals surface area (Å²) in [6.45, 7) is 0. The second-order valence-corrected chi connectivity index (χ2v) is 6.24. The van der Waals surface area contributed by atoms with Crippen LogP contribution in [0.4, 0.5) is 5.13 Å². The summed E-state index contributed by atoms with van der Waals surface area (Å²) >= 11 is 5.05. The van der Waals surface area contributed by atoms with Crippen LogP contribution in [0.15, 0.2) is 9.98 Å². The molecule has 0 spiro atoms. The zero-order chi connectivity index (χ0) is 9.54. The van der Waals surface area contributed by atoms with E-state index in [0.717, 1.165) is 15.3 Å². The number of nitrogens with zero attached hydrogens (tertiary/aromatic N) is 1. The van der Waals surface area contributed by atoms with Crippen LogP contribution in [0.5, 0.6) is 0 Å². The van der Waals surface area contributed by atoms with Gasteiger partial charge in [0, 0.05) is 0 Å². The fourth-order valence-corrected chi connectivity index (χ4v) is 3.44. The minimum Gasteiger partial charge on any atom is -0.373 e. The van der Waals surface area contributed by atoms with Crippen molar-refractivity contribution in [2.45, 2.75) is 37.5 Å². The van der Waals surface area contributed by atoms with Gasteiger partial charge in [0.2, 0.25) is 0 Å². The average molecular weight is 275 g/mol. The van der Waals surface area contributed by atoms with Crippen molar-refractivity contribution in [1.29, 1.82) is 0 Å². The highest BCUT2D eigenvalue weighted by atomic mass is 79.9. The molecule has 0 amide bonds. The first kappa shape index (κ1) is 9.12. The molecule has 1 N–H and O–H groups in total. The molecule has 1 aromatic heterocycles. The van der Waals surface area contributed by atoms with Crippen molar-refractivity contribution in [2.75, 3.05) is 5.32 Å². The largest absolute Gasteiger partial charge is 0.373 e. The normalized spacial score (nSPS) is 35.1. The van der Waals surface area contributed by atoms with Gasteiger partial charge in [0.25, 0.3) is 0 Å². The van der Waals surface area contributed by atoms with Crippen molar-refractivity contribution in [2.24, 2.45) is 0 Å². The highest BCUT2D eigenvalue weighted by Gasteiger charge is 2.40. The maximum atomic E-state index is 5.77. The molecule has 76 valence electrons. The van der Waals surface area contributed by atoms with Gasteiger partial charge < -0.3 is 10.1 Å². The summed E-state index contributed by atoms with van der Waals surface area (Å²) < 4.78 is 6.84. The van der Waals surface area contributed by atoms with E-state index in [1.54, 1.807) is 11.3 Å². The zero-order valence-electron chi connectivity index (χ0n) is 7.57. The molecule has 2 aliphatic rings. The average Bonchev–Trinajstić information content (AvgIpc) is 2.82. The molecule has 0 aromatic carbocycles. The number of thiazole rings is 1. The van der Waals surface area contributed by atoms with E-state index in [-0.39, 0.29) is 0 Å². The lowest BCUT2D eigenvalue weighted by Gasteiger charge is -2.19. The molecule has 3 nitrogen and oxygen atoms in total. The minimum absolute atomic E-state index is 0.419. The van der Waals surface area contributed by atoms with E-state index in [2.05, 4.69) is 26.2 Å². The number of hydrogen-bond acceptors (Lipinski definition) is 4. The lowest BCUT2D eigenvalue weighted by molar-refractivity contribution is 0.102. The predicted octanol–water partition coefficient (Wildman–Crippen LogP) is 2.64. The molecule has 3 heterocycles. The Morgan fingerprint density at radius 2 is 2.50 bits per heavy atom. The Morgan fingerprint density at radius 3 is 3.07 bits per heavy atom. The lowest BCUT2D eigenvalue weighted by atomic mass is 9.96. The molecule has 1 aromatic rings. The van der Waals surface area contributed by atoms with Crippen LogP contribution in [-0.2, 0) is 4.74 Å². The molecule has 3 unspecified atom stereocenters. The van der Waals surface area contributed by atoms with Gasteiger partial charge in [0.05, 0.1) is 28.2 Å². The molecule has 2 bridgehead atoms. The molecule has 3 atom stereocenters. The van der Waals surface area contributed by atoms with Crippen molar-refractivity contribution in [3.63, 3.8) is 0 Å². The van der Waals surface area contributed by atoms with E-state index >= 15 is 0 Å². The van der Waals surface area contributed by atoms with Gasteiger partial charge in [-0.3, -0.25) is 0 Å². The second kappa shape index (κ2) is 3.47. The first-order valence-corrected chi connectivity index (χ1v) is 6.45. The van der Waals surface area contributed by atoms with Crippen LogP contribution in [0.25, 0.3) is 0 Å². The van der Waals surface area contributed by atoms with Crippen molar-refractivity contribution in [3.05, 3.63) is 9.98 Å². The number of nitrogens with one attached hydrogen (secondary N) is 1. The summed E-state index contributed by atoms with van der Waals surface area (Å²) in [7, 11) is 0. The Labute approximate surface area is 95.0 Å². The SMILES string of the molecule is Brc1cnc(NC2CC3CCC2O3)s1. The van der Waals surface area contributed by atoms with Gasteiger partial charge in [-0.2, -0.15) is 0 Å². The zero-order valence-corrected chi connectivity index (χ0v) is 9.97. The minimum atomic E-state index is 0.419. The van der Waals surface area contributed by atoms with Crippen LogP contribution in [0.2, 0.25) is 0 Å². The monoisotopic (exact) mass is 274 g/mol. The maximum Gasteiger partial charge on any atom is 0.184 e. The first-order chi connectivity index (χ1) is 6.81. The predicted molar refractivity (Wildman–Crippen MR) is 59.7 cm³/mol. The molecule has 14 heavy (non-hydrogen) atoms. The smallest absolute Gasteiger partial charge is 0.184 e. The van der Waals surface area contributed by atoms with Gasteiger partial charge in [-0.1, -0.05) is 11.3 Å². The number of anilines is 1. The van der Waals surface area contributed by atoms with E-state index in [0.29, 0.717) is 18.2 Å². The third kappa shape index (κ3) is 1.57. The Bertz CT molecular complexity index is 343. The fraction of sp³-hybridized carbons (Fsp3) is 0.667. The van der Waals surface area contributed by atoms with Crippen molar-refractivity contribution in [1.82, 2.24) is 4.98 Å². The molecule has 2 fully saturated rings. The Hall–Kier alpha value is -0.130. The number of hydrogen-bond donors (Lipinski definition) is 1. The standard InChI is InChI=1S/C9H11BrN2OS/c10-8-4-11-9(14-8)12-6-3-5-1-2-7(6)13-5/h4-7H,1-3H2,(H,11,12). The third-order valence-corrected chi connectivity index (χ3v) is 4.30. The van der Waals surface area contributed by atoms with Crippen LogP contribution >= 0.6 is 27.3 Å². The molecule has 0 radical (unpaired) electrons. The van der Waals surface area contributed by atoms with Gasteiger partial charge >= 0.3 is 0 Å². The Morgan fingerprint density at radius 1 is 1.57 bits per heavy atom. The van der Waals surface area contributed by atoms with Crippen LogP contribution in [0.1, 0.15) is 19.3 Å². The van der Waals surface area contributed by atoms with Crippen molar-refractivity contribution < 1.29 is 4.74 Å². The molecular formula is C9H11BrN2OS. The molecule has 0 aliphatic carbocycles. The molecule has 2 saturated heterocycles. The van der Waals surface area contributed by atoms with Crippen LogP contribution in [0.3, 0.4) is 0 Å². The second-order valence-electron chi connectivity index (χ2n) is 3.83. The summed E-state index contributed by atoms with van der Waals surface area (Å²) in [5.74, 6) is 0. The van der Waals surface area contributed by atoms with Crippen LogP contribution < -0.4 is 5.32 Å². The number of ether oxygens (including phenoxy) is 1. The van der Waals surface area contributed by atoms with Crippen molar-refractivity contribution in [3.8, 4) is 0 Å². The fourth-order valence-electron chi connectivity index (χ4n) is 2.27. The van der Waals surface area contributed by atoms with E-state index in [9.17, 15) is 0 Å². The number of fused-ring (bicyclic) bond motifs is 2. The summed E-state index contributed by atoms with van der Waals surface area (Å²) in [6, 6.07) is 0.479. The maximum absolute atomic E-state index is 5.77. The van der Waals surface area contributed by atoms with Crippen LogP contribution in [-0.4, -0.2) is 23.2 Å². The highest BCUT2D eigenvalue weighted by Crippen LogP contribution is 2.36. The van der Waals surface area contributed by atoms with Gasteiger partial charge in [0.15, 0.2) is 5.13 Å². The van der Waals surface area contributed by atoms with Gasteiger partial charge in [-0.05, 0) is 35.2 Å². The lowest BCUT2D eigenvalue weighted by Crippen LogP contribution is -2.30. The third-order valence-electron chi connectivity index (χ3n) is 2.89. The Balaban J connectivity index is 1.68.